The Morgan fingerprint density at radius 1 is 1.70 bits per heavy atom. The molecular weight excluding hydrogens is 124 g/mol. The average Bonchev–Trinajstić information content (AvgIpc) is 2.03. The van der Waals surface area contributed by atoms with Gasteiger partial charge in [0.1, 0.15) is 0 Å². The van der Waals surface area contributed by atoms with Crippen molar-refractivity contribution in [3.05, 3.63) is 23.9 Å². The van der Waals surface area contributed by atoms with E-state index in [0.717, 1.165) is 19.5 Å². The molecule has 0 spiro atoms. The van der Waals surface area contributed by atoms with E-state index in [1.807, 2.05) is 7.05 Å². The molecule has 1 rings (SSSR count). The first-order valence-corrected chi connectivity index (χ1v) is 3.67. The van der Waals surface area contributed by atoms with Gasteiger partial charge in [-0.25, -0.2) is 0 Å². The molecule has 0 saturated carbocycles. The number of nitrogens with one attached hydrogen (secondary N) is 2. The van der Waals surface area contributed by atoms with E-state index in [4.69, 9.17) is 0 Å². The van der Waals surface area contributed by atoms with Crippen LogP contribution in [0.3, 0.4) is 0 Å². The summed E-state index contributed by atoms with van der Waals surface area (Å²) in [7, 11) is 1.97. The second-order valence-corrected chi connectivity index (χ2v) is 2.35. The maximum absolute atomic E-state index is 3.29. The summed E-state index contributed by atoms with van der Waals surface area (Å²) in [4.78, 5) is 0. The van der Waals surface area contributed by atoms with Gasteiger partial charge in [0.15, 0.2) is 0 Å². The highest BCUT2D eigenvalue weighted by Crippen LogP contribution is 1.99. The predicted octanol–water partition coefficient (Wildman–Crippen LogP) is 0.639. The van der Waals surface area contributed by atoms with Crippen LogP contribution in [0.15, 0.2) is 23.9 Å². The topological polar surface area (TPSA) is 24.1 Å². The molecule has 0 unspecified atom stereocenters. The van der Waals surface area contributed by atoms with Crippen LogP contribution in [-0.4, -0.2) is 20.1 Å². The number of rotatable bonds is 3. The van der Waals surface area contributed by atoms with Crippen molar-refractivity contribution < 1.29 is 0 Å². The van der Waals surface area contributed by atoms with Crippen molar-refractivity contribution in [2.75, 3.05) is 20.1 Å². The van der Waals surface area contributed by atoms with E-state index < -0.39 is 0 Å². The molecule has 56 valence electrons. The lowest BCUT2D eigenvalue weighted by molar-refractivity contribution is 0.729. The van der Waals surface area contributed by atoms with Crippen LogP contribution in [0.25, 0.3) is 0 Å². The SMILES string of the molecule is CNCCC1=CC=CCN1. The molecule has 2 nitrogen and oxygen atoms in total. The zero-order chi connectivity index (χ0) is 7.23. The molecule has 2 heteroatoms. The van der Waals surface area contributed by atoms with E-state index in [1.54, 1.807) is 0 Å². The quantitative estimate of drug-likeness (QED) is 0.598. The summed E-state index contributed by atoms with van der Waals surface area (Å²) >= 11 is 0. The fourth-order valence-electron chi connectivity index (χ4n) is 0.933. The van der Waals surface area contributed by atoms with Crippen LogP contribution < -0.4 is 10.6 Å². The molecule has 0 bridgehead atoms. The molecule has 0 aromatic carbocycles. The Labute approximate surface area is 62.0 Å². The third-order valence-electron chi connectivity index (χ3n) is 1.52. The Hall–Kier alpha value is -0.760. The van der Waals surface area contributed by atoms with Crippen LogP contribution in [0.4, 0.5) is 0 Å². The molecule has 1 heterocycles. The second-order valence-electron chi connectivity index (χ2n) is 2.35. The van der Waals surface area contributed by atoms with Crippen molar-refractivity contribution in [1.82, 2.24) is 10.6 Å². The Bertz CT molecular complexity index is 147. The van der Waals surface area contributed by atoms with Gasteiger partial charge in [0, 0.05) is 18.8 Å². The highest BCUT2D eigenvalue weighted by atomic mass is 14.9. The lowest BCUT2D eigenvalue weighted by atomic mass is 10.2. The molecule has 1 aliphatic heterocycles. The first kappa shape index (κ1) is 7.35. The minimum atomic E-state index is 0.982. The Kier molecular flexibility index (Phi) is 3.03. The first-order valence-electron chi connectivity index (χ1n) is 3.67. The van der Waals surface area contributed by atoms with Crippen LogP contribution in [0.2, 0.25) is 0 Å². The fraction of sp³-hybridized carbons (Fsp3) is 0.500. The van der Waals surface area contributed by atoms with E-state index in [-0.39, 0.29) is 0 Å². The maximum Gasteiger partial charge on any atom is 0.0330 e. The average molecular weight is 138 g/mol. The van der Waals surface area contributed by atoms with Crippen molar-refractivity contribution in [3.63, 3.8) is 0 Å². The lowest BCUT2D eigenvalue weighted by Gasteiger charge is -2.10. The van der Waals surface area contributed by atoms with Crippen LogP contribution in [-0.2, 0) is 0 Å². The van der Waals surface area contributed by atoms with Crippen molar-refractivity contribution >= 4 is 0 Å². The summed E-state index contributed by atoms with van der Waals surface area (Å²) in [5, 5.41) is 6.40. The van der Waals surface area contributed by atoms with Gasteiger partial charge in [-0.1, -0.05) is 12.2 Å². The molecule has 0 amide bonds. The molecular formula is C8H14N2. The number of allylic oxidation sites excluding steroid dienone is 2. The molecule has 0 saturated heterocycles. The van der Waals surface area contributed by atoms with Crippen molar-refractivity contribution in [2.24, 2.45) is 0 Å². The van der Waals surface area contributed by atoms with Gasteiger partial charge in [-0.2, -0.15) is 0 Å². The monoisotopic (exact) mass is 138 g/mol. The Balaban J connectivity index is 2.25. The van der Waals surface area contributed by atoms with Gasteiger partial charge in [0.2, 0.25) is 0 Å². The van der Waals surface area contributed by atoms with Crippen molar-refractivity contribution in [2.45, 2.75) is 6.42 Å². The van der Waals surface area contributed by atoms with Gasteiger partial charge >= 0.3 is 0 Å². The lowest BCUT2D eigenvalue weighted by Crippen LogP contribution is -2.19. The number of hydrogen-bond acceptors (Lipinski definition) is 2. The predicted molar refractivity (Wildman–Crippen MR) is 43.8 cm³/mol. The fourth-order valence-corrected chi connectivity index (χ4v) is 0.933. The van der Waals surface area contributed by atoms with Crippen LogP contribution in [0, 0.1) is 0 Å². The standard InChI is InChI=1S/C8H14N2/c1-9-7-5-8-4-2-3-6-10-8/h2-4,9-10H,5-7H2,1H3. The second kappa shape index (κ2) is 4.12. The number of dihydropyridines is 1. The highest BCUT2D eigenvalue weighted by Gasteiger charge is 1.95. The highest BCUT2D eigenvalue weighted by molar-refractivity contribution is 5.16. The smallest absolute Gasteiger partial charge is 0.0330 e. The van der Waals surface area contributed by atoms with Crippen LogP contribution >= 0.6 is 0 Å². The summed E-state index contributed by atoms with van der Waals surface area (Å²) in [6, 6.07) is 0. The van der Waals surface area contributed by atoms with Gasteiger partial charge < -0.3 is 10.6 Å². The van der Waals surface area contributed by atoms with Crippen molar-refractivity contribution in [3.8, 4) is 0 Å². The molecule has 1 aliphatic rings. The zero-order valence-corrected chi connectivity index (χ0v) is 6.35. The maximum atomic E-state index is 3.29. The third-order valence-corrected chi connectivity index (χ3v) is 1.52. The van der Waals surface area contributed by atoms with E-state index in [2.05, 4.69) is 28.9 Å². The zero-order valence-electron chi connectivity index (χ0n) is 6.35. The molecule has 2 N–H and O–H groups in total. The first-order chi connectivity index (χ1) is 4.93. The molecule has 0 aromatic heterocycles. The summed E-state index contributed by atoms with van der Waals surface area (Å²) in [6.45, 7) is 2.03. The Morgan fingerprint density at radius 2 is 2.60 bits per heavy atom. The van der Waals surface area contributed by atoms with Gasteiger partial charge in [-0.15, -0.1) is 0 Å². The van der Waals surface area contributed by atoms with Crippen LogP contribution in [0.1, 0.15) is 6.42 Å². The number of hydrogen-bond donors (Lipinski definition) is 2. The molecule has 10 heavy (non-hydrogen) atoms. The van der Waals surface area contributed by atoms with E-state index in [0.29, 0.717) is 0 Å². The minimum Gasteiger partial charge on any atom is -0.385 e. The van der Waals surface area contributed by atoms with Crippen molar-refractivity contribution in [1.29, 1.82) is 0 Å². The summed E-state index contributed by atoms with van der Waals surface area (Å²) in [5.41, 5.74) is 1.33. The van der Waals surface area contributed by atoms with E-state index >= 15 is 0 Å². The van der Waals surface area contributed by atoms with Gasteiger partial charge in [0.25, 0.3) is 0 Å². The largest absolute Gasteiger partial charge is 0.385 e. The van der Waals surface area contributed by atoms with E-state index in [9.17, 15) is 0 Å². The molecule has 0 aromatic rings. The molecule has 0 fully saturated rings. The normalized spacial score (nSPS) is 16.3. The summed E-state index contributed by atoms with van der Waals surface area (Å²) < 4.78 is 0. The molecule has 0 atom stereocenters. The van der Waals surface area contributed by atoms with Crippen LogP contribution in [0.5, 0.6) is 0 Å². The molecule has 0 radical (unpaired) electrons. The third kappa shape index (κ3) is 2.23. The summed E-state index contributed by atoms with van der Waals surface area (Å²) in [6.07, 6.45) is 7.44. The van der Waals surface area contributed by atoms with Gasteiger partial charge in [-0.05, 0) is 19.5 Å². The minimum absolute atomic E-state index is 0.982. The van der Waals surface area contributed by atoms with Gasteiger partial charge in [-0.3, -0.25) is 0 Å². The van der Waals surface area contributed by atoms with Gasteiger partial charge in [0.05, 0.1) is 0 Å². The Morgan fingerprint density at radius 3 is 3.20 bits per heavy atom. The molecule has 0 aliphatic carbocycles. The summed E-state index contributed by atoms with van der Waals surface area (Å²) in [5.74, 6) is 0. The van der Waals surface area contributed by atoms with E-state index in [1.165, 1.54) is 5.70 Å².